The minimum absolute atomic E-state index is 0.0949. The number of rotatable bonds is 2. The first-order chi connectivity index (χ1) is 6.16. The zero-order valence-electron chi connectivity index (χ0n) is 7.59. The summed E-state index contributed by atoms with van der Waals surface area (Å²) in [6.45, 7) is 2.90. The molecule has 0 amide bonds. The van der Waals surface area contributed by atoms with Gasteiger partial charge in [-0.1, -0.05) is 0 Å². The van der Waals surface area contributed by atoms with E-state index in [4.69, 9.17) is 0 Å². The number of pyridine rings is 1. The SMILES string of the molecule is Cc1cc(Br)c(=O)n(CC2CC2)c1. The van der Waals surface area contributed by atoms with Gasteiger partial charge < -0.3 is 4.57 Å². The minimum atomic E-state index is 0.0949. The highest BCUT2D eigenvalue weighted by Crippen LogP contribution is 2.30. The molecule has 2 nitrogen and oxygen atoms in total. The van der Waals surface area contributed by atoms with Gasteiger partial charge in [0, 0.05) is 12.7 Å². The molecule has 1 aromatic heterocycles. The second kappa shape index (κ2) is 3.29. The lowest BCUT2D eigenvalue weighted by molar-refractivity contribution is 0.602. The predicted molar refractivity (Wildman–Crippen MR) is 55.9 cm³/mol. The van der Waals surface area contributed by atoms with Gasteiger partial charge in [-0.25, -0.2) is 0 Å². The molecule has 0 bridgehead atoms. The second-order valence-corrected chi connectivity index (χ2v) is 4.62. The van der Waals surface area contributed by atoms with Gasteiger partial charge in [-0.05, 0) is 53.2 Å². The van der Waals surface area contributed by atoms with Crippen LogP contribution in [-0.4, -0.2) is 4.57 Å². The summed E-state index contributed by atoms with van der Waals surface area (Å²) in [6, 6.07) is 1.87. The van der Waals surface area contributed by atoms with Crippen LogP contribution in [0.1, 0.15) is 18.4 Å². The third-order valence-electron chi connectivity index (χ3n) is 2.33. The van der Waals surface area contributed by atoms with E-state index in [-0.39, 0.29) is 5.56 Å². The van der Waals surface area contributed by atoms with Crippen LogP contribution in [0.2, 0.25) is 0 Å². The molecule has 1 aliphatic carbocycles. The summed E-state index contributed by atoms with van der Waals surface area (Å²) in [4.78, 5) is 11.6. The first-order valence-electron chi connectivity index (χ1n) is 4.53. The van der Waals surface area contributed by atoms with Crippen LogP contribution in [0.15, 0.2) is 21.5 Å². The van der Waals surface area contributed by atoms with Crippen molar-refractivity contribution >= 4 is 15.9 Å². The Labute approximate surface area is 85.7 Å². The molecule has 1 fully saturated rings. The highest BCUT2D eigenvalue weighted by Gasteiger charge is 2.22. The molecule has 70 valence electrons. The third kappa shape index (κ3) is 2.02. The Balaban J connectivity index is 2.36. The Morgan fingerprint density at radius 1 is 1.62 bits per heavy atom. The number of hydrogen-bond acceptors (Lipinski definition) is 1. The van der Waals surface area contributed by atoms with E-state index in [1.165, 1.54) is 12.8 Å². The first-order valence-corrected chi connectivity index (χ1v) is 5.32. The molecule has 0 radical (unpaired) electrons. The summed E-state index contributed by atoms with van der Waals surface area (Å²) in [5, 5.41) is 0. The Morgan fingerprint density at radius 2 is 2.31 bits per heavy atom. The fraction of sp³-hybridized carbons (Fsp3) is 0.500. The third-order valence-corrected chi connectivity index (χ3v) is 2.90. The number of aromatic nitrogens is 1. The summed E-state index contributed by atoms with van der Waals surface area (Å²) in [7, 11) is 0. The van der Waals surface area contributed by atoms with Crippen LogP contribution in [0.4, 0.5) is 0 Å². The number of halogens is 1. The molecule has 3 heteroatoms. The van der Waals surface area contributed by atoms with Crippen molar-refractivity contribution in [3.05, 3.63) is 32.7 Å². The Bertz CT molecular complexity index is 379. The zero-order valence-corrected chi connectivity index (χ0v) is 9.17. The Hall–Kier alpha value is -0.570. The standard InChI is InChI=1S/C10H12BrNO/c1-7-4-9(11)10(13)12(5-7)6-8-2-3-8/h4-5,8H,2-3,6H2,1H3. The summed E-state index contributed by atoms with van der Waals surface area (Å²) >= 11 is 3.27. The molecule has 13 heavy (non-hydrogen) atoms. The molecule has 0 saturated heterocycles. The molecular formula is C10H12BrNO. The summed E-state index contributed by atoms with van der Waals surface area (Å²) < 4.78 is 2.49. The van der Waals surface area contributed by atoms with Gasteiger partial charge in [-0.15, -0.1) is 0 Å². The van der Waals surface area contributed by atoms with Crippen LogP contribution >= 0.6 is 15.9 Å². The van der Waals surface area contributed by atoms with Crippen LogP contribution in [0, 0.1) is 12.8 Å². The van der Waals surface area contributed by atoms with Gasteiger partial charge in [-0.3, -0.25) is 4.79 Å². The second-order valence-electron chi connectivity index (χ2n) is 3.77. The molecule has 1 saturated carbocycles. The topological polar surface area (TPSA) is 22.0 Å². The summed E-state index contributed by atoms with van der Waals surface area (Å²) in [6.07, 6.45) is 4.49. The zero-order chi connectivity index (χ0) is 9.42. The normalized spacial score (nSPS) is 16.2. The van der Waals surface area contributed by atoms with E-state index in [0.717, 1.165) is 18.0 Å². The minimum Gasteiger partial charge on any atom is -0.314 e. The van der Waals surface area contributed by atoms with Gasteiger partial charge in [0.25, 0.3) is 5.56 Å². The highest BCUT2D eigenvalue weighted by molar-refractivity contribution is 9.10. The Morgan fingerprint density at radius 3 is 2.92 bits per heavy atom. The molecule has 1 aromatic rings. The quantitative estimate of drug-likeness (QED) is 0.780. The fourth-order valence-electron chi connectivity index (χ4n) is 1.45. The molecule has 1 aliphatic rings. The lowest BCUT2D eigenvalue weighted by Crippen LogP contribution is -2.21. The van der Waals surface area contributed by atoms with Crippen molar-refractivity contribution in [2.75, 3.05) is 0 Å². The van der Waals surface area contributed by atoms with Crippen LogP contribution in [0.5, 0.6) is 0 Å². The molecule has 0 unspecified atom stereocenters. The van der Waals surface area contributed by atoms with Crippen LogP contribution in [0.25, 0.3) is 0 Å². The van der Waals surface area contributed by atoms with Crippen molar-refractivity contribution in [2.24, 2.45) is 5.92 Å². The van der Waals surface area contributed by atoms with E-state index in [9.17, 15) is 4.79 Å². The van der Waals surface area contributed by atoms with E-state index in [1.54, 1.807) is 0 Å². The van der Waals surface area contributed by atoms with Crippen molar-refractivity contribution in [1.82, 2.24) is 4.57 Å². The monoisotopic (exact) mass is 241 g/mol. The molecule has 2 rings (SSSR count). The molecular weight excluding hydrogens is 230 g/mol. The maximum Gasteiger partial charge on any atom is 0.264 e. The van der Waals surface area contributed by atoms with Crippen LogP contribution in [-0.2, 0) is 6.54 Å². The number of hydrogen-bond donors (Lipinski definition) is 0. The van der Waals surface area contributed by atoms with Gasteiger partial charge in [-0.2, -0.15) is 0 Å². The average Bonchev–Trinajstić information content (AvgIpc) is 2.83. The van der Waals surface area contributed by atoms with Gasteiger partial charge in [0.05, 0.1) is 4.47 Å². The van der Waals surface area contributed by atoms with Crippen molar-refractivity contribution in [3.63, 3.8) is 0 Å². The molecule has 1 heterocycles. The van der Waals surface area contributed by atoms with Crippen LogP contribution < -0.4 is 5.56 Å². The lowest BCUT2D eigenvalue weighted by atomic mass is 10.3. The molecule has 0 aliphatic heterocycles. The predicted octanol–water partition coefficient (Wildman–Crippen LogP) is 2.33. The molecule has 0 aromatic carbocycles. The smallest absolute Gasteiger partial charge is 0.264 e. The Kier molecular flexibility index (Phi) is 2.28. The summed E-state index contributed by atoms with van der Waals surface area (Å²) in [5.74, 6) is 0.742. The first kappa shape index (κ1) is 9.00. The number of nitrogens with zero attached hydrogens (tertiary/aromatic N) is 1. The fourth-order valence-corrected chi connectivity index (χ4v) is 2.04. The van der Waals surface area contributed by atoms with Crippen molar-refractivity contribution < 1.29 is 0 Å². The van der Waals surface area contributed by atoms with E-state index in [1.807, 2.05) is 23.8 Å². The maximum atomic E-state index is 11.6. The average molecular weight is 242 g/mol. The molecule has 0 spiro atoms. The summed E-state index contributed by atoms with van der Waals surface area (Å²) in [5.41, 5.74) is 1.23. The van der Waals surface area contributed by atoms with Gasteiger partial charge >= 0.3 is 0 Å². The van der Waals surface area contributed by atoms with Crippen molar-refractivity contribution in [1.29, 1.82) is 0 Å². The molecule has 0 atom stereocenters. The largest absolute Gasteiger partial charge is 0.314 e. The van der Waals surface area contributed by atoms with Crippen molar-refractivity contribution in [3.8, 4) is 0 Å². The van der Waals surface area contributed by atoms with Crippen molar-refractivity contribution in [2.45, 2.75) is 26.3 Å². The van der Waals surface area contributed by atoms with Gasteiger partial charge in [0.15, 0.2) is 0 Å². The molecule has 0 N–H and O–H groups in total. The van der Waals surface area contributed by atoms with E-state index < -0.39 is 0 Å². The van der Waals surface area contributed by atoms with E-state index >= 15 is 0 Å². The van der Waals surface area contributed by atoms with Crippen LogP contribution in [0.3, 0.4) is 0 Å². The lowest BCUT2D eigenvalue weighted by Gasteiger charge is -2.05. The van der Waals surface area contributed by atoms with E-state index in [2.05, 4.69) is 15.9 Å². The number of aryl methyl sites for hydroxylation is 1. The van der Waals surface area contributed by atoms with E-state index in [0.29, 0.717) is 4.47 Å². The highest BCUT2D eigenvalue weighted by atomic mass is 79.9. The van der Waals surface area contributed by atoms with Gasteiger partial charge in [0.2, 0.25) is 0 Å². The van der Waals surface area contributed by atoms with Gasteiger partial charge in [0.1, 0.15) is 0 Å². The maximum absolute atomic E-state index is 11.6.